The normalized spacial score (nSPS) is 12.8. The van der Waals surface area contributed by atoms with E-state index in [0.29, 0.717) is 25.5 Å². The number of nitrogens with two attached hydrogens (primary N) is 1. The summed E-state index contributed by atoms with van der Waals surface area (Å²) < 4.78 is 5.27. The second-order valence-electron chi connectivity index (χ2n) is 4.36. The molecule has 1 unspecified atom stereocenters. The molecule has 16 heavy (non-hydrogen) atoms. The molecular formula is C12H26N2O2. The molecule has 0 rings (SSSR count). The van der Waals surface area contributed by atoms with Gasteiger partial charge in [-0.2, -0.15) is 0 Å². The molecule has 96 valence electrons. The van der Waals surface area contributed by atoms with E-state index in [2.05, 4.69) is 26.1 Å². The van der Waals surface area contributed by atoms with Gasteiger partial charge in [0, 0.05) is 19.1 Å². The van der Waals surface area contributed by atoms with Gasteiger partial charge in [0.1, 0.15) is 0 Å². The van der Waals surface area contributed by atoms with Gasteiger partial charge in [0.05, 0.1) is 6.61 Å². The van der Waals surface area contributed by atoms with Gasteiger partial charge in [0.25, 0.3) is 0 Å². The van der Waals surface area contributed by atoms with Crippen molar-refractivity contribution >= 4 is 5.91 Å². The minimum Gasteiger partial charge on any atom is -0.381 e. The third-order valence-corrected chi connectivity index (χ3v) is 2.45. The monoisotopic (exact) mass is 230 g/mol. The largest absolute Gasteiger partial charge is 0.381 e. The summed E-state index contributed by atoms with van der Waals surface area (Å²) in [5.74, 6) is 0.479. The van der Waals surface area contributed by atoms with E-state index >= 15 is 0 Å². The average molecular weight is 230 g/mol. The van der Waals surface area contributed by atoms with Crippen LogP contribution >= 0.6 is 0 Å². The molecule has 0 saturated carbocycles. The average Bonchev–Trinajstić information content (AvgIpc) is 2.23. The van der Waals surface area contributed by atoms with Crippen LogP contribution in [0.2, 0.25) is 0 Å². The summed E-state index contributed by atoms with van der Waals surface area (Å²) in [6.07, 6.45) is 2.26. The van der Waals surface area contributed by atoms with Crippen LogP contribution in [0.4, 0.5) is 0 Å². The van der Waals surface area contributed by atoms with Crippen molar-refractivity contribution in [2.24, 2.45) is 11.7 Å². The van der Waals surface area contributed by atoms with Crippen molar-refractivity contribution in [3.63, 3.8) is 0 Å². The number of carbonyl (C=O) groups excluding carboxylic acids is 1. The molecule has 0 bridgehead atoms. The lowest BCUT2D eigenvalue weighted by molar-refractivity contribution is -0.123. The number of carbonyl (C=O) groups is 1. The van der Waals surface area contributed by atoms with Gasteiger partial charge in [-0.25, -0.2) is 0 Å². The summed E-state index contributed by atoms with van der Waals surface area (Å²) in [5, 5.41) is 3.00. The van der Waals surface area contributed by atoms with Crippen molar-refractivity contribution < 1.29 is 9.53 Å². The van der Waals surface area contributed by atoms with Crippen molar-refractivity contribution in [2.75, 3.05) is 19.8 Å². The molecule has 4 nitrogen and oxygen atoms in total. The van der Waals surface area contributed by atoms with Crippen LogP contribution in [-0.4, -0.2) is 31.7 Å². The van der Waals surface area contributed by atoms with Crippen molar-refractivity contribution in [1.29, 1.82) is 0 Å². The molecule has 3 N–H and O–H groups in total. The van der Waals surface area contributed by atoms with E-state index in [4.69, 9.17) is 10.5 Å². The molecule has 0 aliphatic rings. The zero-order chi connectivity index (χ0) is 12.4. The molecule has 0 aliphatic heterocycles. The topological polar surface area (TPSA) is 64.3 Å². The summed E-state index contributed by atoms with van der Waals surface area (Å²) in [6.45, 7) is 8.07. The Labute approximate surface area is 98.9 Å². The number of hydrogen-bond acceptors (Lipinski definition) is 3. The lowest BCUT2D eigenvalue weighted by Gasteiger charge is -2.21. The molecule has 0 aliphatic carbocycles. The van der Waals surface area contributed by atoms with Crippen LogP contribution in [0.5, 0.6) is 0 Å². The first-order valence-electron chi connectivity index (χ1n) is 6.19. The van der Waals surface area contributed by atoms with Crippen molar-refractivity contribution in [3.8, 4) is 0 Å². The molecule has 4 heteroatoms. The highest BCUT2D eigenvalue weighted by Crippen LogP contribution is 2.05. The maximum absolute atomic E-state index is 11.6. The Morgan fingerprint density at radius 2 is 2.06 bits per heavy atom. The van der Waals surface area contributed by atoms with Gasteiger partial charge in [-0.3, -0.25) is 4.79 Å². The molecule has 0 aromatic heterocycles. The van der Waals surface area contributed by atoms with E-state index < -0.39 is 0 Å². The zero-order valence-electron chi connectivity index (χ0n) is 10.8. The van der Waals surface area contributed by atoms with Gasteiger partial charge in [-0.05, 0) is 25.3 Å². The molecule has 0 spiro atoms. The Bertz CT molecular complexity index is 184. The van der Waals surface area contributed by atoms with Crippen LogP contribution in [0.1, 0.15) is 40.0 Å². The molecule has 0 aromatic rings. The summed E-state index contributed by atoms with van der Waals surface area (Å²) in [4.78, 5) is 11.6. The van der Waals surface area contributed by atoms with Gasteiger partial charge in [-0.1, -0.05) is 20.8 Å². The quantitative estimate of drug-likeness (QED) is 0.587. The van der Waals surface area contributed by atoms with Crippen molar-refractivity contribution in [3.05, 3.63) is 0 Å². The Morgan fingerprint density at radius 3 is 2.56 bits per heavy atom. The second-order valence-corrected chi connectivity index (χ2v) is 4.36. The maximum atomic E-state index is 11.6. The molecule has 1 amide bonds. The zero-order valence-corrected chi connectivity index (χ0v) is 10.8. The highest BCUT2D eigenvalue weighted by molar-refractivity contribution is 5.76. The molecule has 0 heterocycles. The summed E-state index contributed by atoms with van der Waals surface area (Å²) in [5.41, 5.74) is 5.51. The SMILES string of the molecule is CCCOCCC(=O)NC(CCN)C(C)C. The van der Waals surface area contributed by atoms with E-state index in [0.717, 1.165) is 19.4 Å². The number of hydrogen-bond donors (Lipinski definition) is 2. The minimum atomic E-state index is 0.0586. The number of amides is 1. The van der Waals surface area contributed by atoms with Gasteiger partial charge in [-0.15, -0.1) is 0 Å². The number of nitrogens with one attached hydrogen (secondary N) is 1. The van der Waals surface area contributed by atoms with Gasteiger partial charge >= 0.3 is 0 Å². The fourth-order valence-electron chi connectivity index (χ4n) is 1.44. The fourth-order valence-corrected chi connectivity index (χ4v) is 1.44. The molecule has 0 aromatic carbocycles. The van der Waals surface area contributed by atoms with Crippen LogP contribution < -0.4 is 11.1 Å². The van der Waals surface area contributed by atoms with Crippen LogP contribution in [0.3, 0.4) is 0 Å². The van der Waals surface area contributed by atoms with Crippen LogP contribution in [0.15, 0.2) is 0 Å². The molecule has 0 fully saturated rings. The highest BCUT2D eigenvalue weighted by atomic mass is 16.5. The lowest BCUT2D eigenvalue weighted by Crippen LogP contribution is -2.40. The Morgan fingerprint density at radius 1 is 1.38 bits per heavy atom. The smallest absolute Gasteiger partial charge is 0.222 e. The van der Waals surface area contributed by atoms with Gasteiger partial charge < -0.3 is 15.8 Å². The number of ether oxygens (including phenoxy) is 1. The predicted octanol–water partition coefficient (Wildman–Crippen LogP) is 1.29. The first-order valence-corrected chi connectivity index (χ1v) is 6.19. The second kappa shape index (κ2) is 9.60. The molecule has 1 atom stereocenters. The molecule has 0 radical (unpaired) electrons. The van der Waals surface area contributed by atoms with E-state index in [1.807, 2.05) is 0 Å². The van der Waals surface area contributed by atoms with Crippen molar-refractivity contribution in [2.45, 2.75) is 46.1 Å². The van der Waals surface area contributed by atoms with E-state index in [-0.39, 0.29) is 11.9 Å². The first-order chi connectivity index (χ1) is 7.61. The number of rotatable bonds is 9. The third-order valence-electron chi connectivity index (χ3n) is 2.45. The summed E-state index contributed by atoms with van der Waals surface area (Å²) in [6, 6.07) is 0.184. The standard InChI is InChI=1S/C12H26N2O2/c1-4-8-16-9-6-12(15)14-11(5-7-13)10(2)3/h10-11H,4-9,13H2,1-3H3,(H,14,15). The maximum Gasteiger partial charge on any atom is 0.222 e. The van der Waals surface area contributed by atoms with Gasteiger partial charge in [0.15, 0.2) is 0 Å². The predicted molar refractivity (Wildman–Crippen MR) is 66.2 cm³/mol. The van der Waals surface area contributed by atoms with E-state index in [9.17, 15) is 4.79 Å². The lowest BCUT2D eigenvalue weighted by atomic mass is 10.0. The minimum absolute atomic E-state index is 0.0586. The Kier molecular flexibility index (Phi) is 9.24. The van der Waals surface area contributed by atoms with E-state index in [1.54, 1.807) is 0 Å². The Balaban J connectivity index is 3.73. The first kappa shape index (κ1) is 15.4. The molecule has 0 saturated heterocycles. The van der Waals surface area contributed by atoms with Gasteiger partial charge in [0.2, 0.25) is 5.91 Å². The fraction of sp³-hybridized carbons (Fsp3) is 0.917. The van der Waals surface area contributed by atoms with Crippen LogP contribution in [-0.2, 0) is 9.53 Å². The summed E-state index contributed by atoms with van der Waals surface area (Å²) in [7, 11) is 0. The van der Waals surface area contributed by atoms with Crippen molar-refractivity contribution in [1.82, 2.24) is 5.32 Å². The Hall–Kier alpha value is -0.610. The molecular weight excluding hydrogens is 204 g/mol. The van der Waals surface area contributed by atoms with Crippen LogP contribution in [0.25, 0.3) is 0 Å². The van der Waals surface area contributed by atoms with E-state index in [1.165, 1.54) is 0 Å². The van der Waals surface area contributed by atoms with Crippen LogP contribution in [0, 0.1) is 5.92 Å². The highest BCUT2D eigenvalue weighted by Gasteiger charge is 2.14. The summed E-state index contributed by atoms with van der Waals surface area (Å²) >= 11 is 0. The third kappa shape index (κ3) is 7.65.